The lowest BCUT2D eigenvalue weighted by Crippen LogP contribution is -2.18. The number of rotatable bonds is 6. The van der Waals surface area contributed by atoms with Crippen LogP contribution in [-0.2, 0) is 6.42 Å². The summed E-state index contributed by atoms with van der Waals surface area (Å²) in [6.45, 7) is 3.53. The molecule has 132 valence electrons. The topological polar surface area (TPSA) is 72.0 Å². The van der Waals surface area contributed by atoms with Crippen molar-refractivity contribution in [3.63, 3.8) is 0 Å². The Morgan fingerprint density at radius 3 is 2.31 bits per heavy atom. The van der Waals surface area contributed by atoms with Crippen molar-refractivity contribution in [2.45, 2.75) is 26.7 Å². The molecule has 5 nitrogen and oxygen atoms in total. The van der Waals surface area contributed by atoms with E-state index < -0.39 is 0 Å². The summed E-state index contributed by atoms with van der Waals surface area (Å²) in [6, 6.07) is 16.5. The molecule has 0 atom stereocenters. The molecule has 0 amide bonds. The maximum atomic E-state index is 12.4. The highest BCUT2D eigenvalue weighted by atomic mass is 16.5. The van der Waals surface area contributed by atoms with E-state index in [0.29, 0.717) is 34.8 Å². The first kappa shape index (κ1) is 17.6. The van der Waals surface area contributed by atoms with Crippen LogP contribution in [0.5, 0.6) is 11.5 Å². The van der Waals surface area contributed by atoms with Gasteiger partial charge in [0, 0.05) is 23.2 Å². The van der Waals surface area contributed by atoms with Crippen molar-refractivity contribution in [1.82, 2.24) is 9.97 Å². The number of benzene rings is 2. The van der Waals surface area contributed by atoms with Crippen LogP contribution in [0.3, 0.4) is 0 Å². The second-order valence-corrected chi connectivity index (χ2v) is 6.08. The summed E-state index contributed by atoms with van der Waals surface area (Å²) in [5.74, 6) is 1.98. The Morgan fingerprint density at radius 1 is 1.00 bits per heavy atom. The van der Waals surface area contributed by atoms with Gasteiger partial charge in [-0.15, -0.1) is 0 Å². The highest BCUT2D eigenvalue weighted by Gasteiger charge is 2.11. The van der Waals surface area contributed by atoms with Gasteiger partial charge in [0.25, 0.3) is 5.56 Å². The van der Waals surface area contributed by atoms with Crippen molar-refractivity contribution >= 4 is 5.78 Å². The number of ketones is 1. The molecular weight excluding hydrogens is 328 g/mol. The monoisotopic (exact) mass is 348 g/mol. The highest BCUT2D eigenvalue weighted by molar-refractivity contribution is 5.96. The second kappa shape index (κ2) is 7.78. The minimum absolute atomic E-state index is 0.0179. The lowest BCUT2D eigenvalue weighted by Gasteiger charge is -2.07. The molecule has 3 rings (SSSR count). The van der Waals surface area contributed by atoms with Crippen molar-refractivity contribution in [3.05, 3.63) is 87.6 Å². The van der Waals surface area contributed by atoms with Crippen molar-refractivity contribution in [2.24, 2.45) is 0 Å². The predicted octanol–water partition coefficient (Wildman–Crippen LogP) is 3.99. The molecule has 3 aromatic rings. The van der Waals surface area contributed by atoms with Gasteiger partial charge in [-0.1, -0.05) is 18.2 Å². The van der Waals surface area contributed by atoms with Gasteiger partial charge in [-0.25, -0.2) is 4.98 Å². The van der Waals surface area contributed by atoms with Crippen molar-refractivity contribution in [1.29, 1.82) is 0 Å². The molecular formula is C21H20N2O3. The number of aromatic amines is 1. The van der Waals surface area contributed by atoms with Gasteiger partial charge >= 0.3 is 0 Å². The maximum Gasteiger partial charge on any atom is 0.254 e. The molecule has 0 radical (unpaired) electrons. The lowest BCUT2D eigenvalue weighted by atomic mass is 10.0. The number of para-hydroxylation sites is 1. The van der Waals surface area contributed by atoms with E-state index in [2.05, 4.69) is 9.97 Å². The van der Waals surface area contributed by atoms with E-state index in [1.54, 1.807) is 38.1 Å². The fraction of sp³-hybridized carbons (Fsp3) is 0.190. The molecule has 0 saturated carbocycles. The largest absolute Gasteiger partial charge is 0.457 e. The van der Waals surface area contributed by atoms with E-state index in [0.717, 1.165) is 5.75 Å². The third-order valence-corrected chi connectivity index (χ3v) is 4.10. The van der Waals surface area contributed by atoms with Gasteiger partial charge in [-0.05, 0) is 56.7 Å². The third kappa shape index (κ3) is 4.25. The normalized spacial score (nSPS) is 10.5. The van der Waals surface area contributed by atoms with Crippen LogP contribution >= 0.6 is 0 Å². The minimum Gasteiger partial charge on any atom is -0.457 e. The van der Waals surface area contributed by atoms with Gasteiger partial charge in [0.1, 0.15) is 17.3 Å². The minimum atomic E-state index is -0.172. The standard InChI is InChI=1S/C21H20N2O3/c1-14-19(21(25)23-15(2)22-14)12-13-20(24)16-8-10-18(11-9-16)26-17-6-4-3-5-7-17/h3-11H,12-13H2,1-2H3,(H,22,23,25). The van der Waals surface area contributed by atoms with E-state index in [1.807, 2.05) is 30.3 Å². The summed E-state index contributed by atoms with van der Waals surface area (Å²) in [5.41, 5.74) is 1.66. The lowest BCUT2D eigenvalue weighted by molar-refractivity contribution is 0.0982. The first-order valence-electron chi connectivity index (χ1n) is 8.45. The van der Waals surface area contributed by atoms with Crippen LogP contribution in [0, 0.1) is 13.8 Å². The Morgan fingerprint density at radius 2 is 1.65 bits per heavy atom. The number of carbonyl (C=O) groups excluding carboxylic acids is 1. The fourth-order valence-corrected chi connectivity index (χ4v) is 2.76. The van der Waals surface area contributed by atoms with Crippen LogP contribution in [0.1, 0.15) is 33.9 Å². The van der Waals surface area contributed by atoms with Gasteiger partial charge in [0.15, 0.2) is 5.78 Å². The molecule has 26 heavy (non-hydrogen) atoms. The summed E-state index contributed by atoms with van der Waals surface area (Å²) >= 11 is 0. The number of hydrogen-bond acceptors (Lipinski definition) is 4. The SMILES string of the molecule is Cc1nc(C)c(CCC(=O)c2ccc(Oc3ccccc3)cc2)c(=O)[nH]1. The summed E-state index contributed by atoms with van der Waals surface area (Å²) in [7, 11) is 0. The van der Waals surface area contributed by atoms with Crippen LogP contribution in [0.4, 0.5) is 0 Å². The van der Waals surface area contributed by atoms with Gasteiger partial charge in [-0.3, -0.25) is 9.59 Å². The Balaban J connectivity index is 1.64. The molecule has 2 aromatic carbocycles. The number of ether oxygens (including phenoxy) is 1. The summed E-state index contributed by atoms with van der Waals surface area (Å²) in [5, 5.41) is 0. The Kier molecular flexibility index (Phi) is 5.27. The molecule has 1 heterocycles. The van der Waals surface area contributed by atoms with E-state index in [-0.39, 0.29) is 17.8 Å². The average Bonchev–Trinajstić information content (AvgIpc) is 2.62. The molecule has 0 unspecified atom stereocenters. The van der Waals surface area contributed by atoms with E-state index in [4.69, 9.17) is 4.74 Å². The molecule has 1 aromatic heterocycles. The fourth-order valence-electron chi connectivity index (χ4n) is 2.76. The highest BCUT2D eigenvalue weighted by Crippen LogP contribution is 2.21. The number of nitrogens with one attached hydrogen (secondary N) is 1. The van der Waals surface area contributed by atoms with Gasteiger partial charge in [-0.2, -0.15) is 0 Å². The molecule has 0 spiro atoms. The number of aryl methyl sites for hydroxylation is 2. The third-order valence-electron chi connectivity index (χ3n) is 4.10. The zero-order valence-electron chi connectivity index (χ0n) is 14.8. The van der Waals surface area contributed by atoms with E-state index in [9.17, 15) is 9.59 Å². The van der Waals surface area contributed by atoms with Crippen molar-refractivity contribution in [3.8, 4) is 11.5 Å². The average molecular weight is 348 g/mol. The van der Waals surface area contributed by atoms with Crippen LogP contribution in [-0.4, -0.2) is 15.8 Å². The molecule has 1 N–H and O–H groups in total. The smallest absolute Gasteiger partial charge is 0.254 e. The van der Waals surface area contributed by atoms with Gasteiger partial charge in [0.2, 0.25) is 0 Å². The Hall–Kier alpha value is -3.21. The van der Waals surface area contributed by atoms with Gasteiger partial charge in [0.05, 0.1) is 0 Å². The zero-order chi connectivity index (χ0) is 18.5. The predicted molar refractivity (Wildman–Crippen MR) is 99.9 cm³/mol. The van der Waals surface area contributed by atoms with Crippen LogP contribution in [0.15, 0.2) is 59.4 Å². The van der Waals surface area contributed by atoms with Crippen LogP contribution < -0.4 is 10.3 Å². The first-order valence-corrected chi connectivity index (χ1v) is 8.45. The first-order chi connectivity index (χ1) is 12.5. The van der Waals surface area contributed by atoms with Gasteiger partial charge < -0.3 is 9.72 Å². The molecule has 0 fully saturated rings. The van der Waals surface area contributed by atoms with Crippen molar-refractivity contribution in [2.75, 3.05) is 0 Å². The van der Waals surface area contributed by atoms with Crippen molar-refractivity contribution < 1.29 is 9.53 Å². The van der Waals surface area contributed by atoms with Crippen LogP contribution in [0.25, 0.3) is 0 Å². The summed E-state index contributed by atoms with van der Waals surface area (Å²) in [4.78, 5) is 31.3. The maximum absolute atomic E-state index is 12.4. The summed E-state index contributed by atoms with van der Waals surface area (Å²) < 4.78 is 5.72. The zero-order valence-corrected chi connectivity index (χ0v) is 14.8. The molecule has 0 aliphatic rings. The van der Waals surface area contributed by atoms with E-state index in [1.165, 1.54) is 0 Å². The molecule has 5 heteroatoms. The quantitative estimate of drug-likeness (QED) is 0.684. The number of aromatic nitrogens is 2. The Labute approximate surface area is 151 Å². The number of hydrogen-bond donors (Lipinski definition) is 1. The number of nitrogens with zero attached hydrogens (tertiary/aromatic N) is 1. The number of carbonyl (C=O) groups is 1. The Bertz CT molecular complexity index is 961. The number of H-pyrrole nitrogens is 1. The van der Waals surface area contributed by atoms with E-state index >= 15 is 0 Å². The molecule has 0 bridgehead atoms. The molecule has 0 saturated heterocycles. The number of Topliss-reactive ketones (excluding diaryl/α,β-unsaturated/α-hetero) is 1. The molecule has 0 aliphatic heterocycles. The van der Waals surface area contributed by atoms with Crippen LogP contribution in [0.2, 0.25) is 0 Å². The second-order valence-electron chi connectivity index (χ2n) is 6.08. The summed E-state index contributed by atoms with van der Waals surface area (Å²) in [6.07, 6.45) is 0.628. The molecule has 0 aliphatic carbocycles.